The van der Waals surface area contributed by atoms with Crippen LogP contribution < -0.4 is 4.90 Å². The number of ether oxygens (including phenoxy) is 3. The van der Waals surface area contributed by atoms with Crippen LogP contribution in [-0.2, 0) is 23.8 Å². The molecule has 4 aliphatic heterocycles. The summed E-state index contributed by atoms with van der Waals surface area (Å²) < 4.78 is 32.2. The first-order chi connectivity index (χ1) is 23.3. The van der Waals surface area contributed by atoms with Gasteiger partial charge in [-0.2, -0.15) is 0 Å². The lowest BCUT2D eigenvalue weighted by Crippen LogP contribution is -2.58. The molecule has 0 aliphatic carbocycles. The normalized spacial score (nSPS) is 29.6. The van der Waals surface area contributed by atoms with Gasteiger partial charge in [-0.25, -0.2) is 9.18 Å². The quantitative estimate of drug-likeness (QED) is 0.364. The standard InChI is InChI=1S/C37H53FN4O7/c1-25-6-8-31(43)22-33(44)49-34(26(2)7-9-32(25)48-36(46)42-12-10-39(5)11-13-42)27(3)18-28-19-29(38)21-30(20-28)40-14-16-41(17-15-40)35(45)37(4)23-47-24-37/h7,9,18-21,25-26,31-32,34,43H,6,8,10-17,22-24H2,1-5H3/b9-7+,27-18+/t25-,26-,31+,32-,34-/m0/s1. The highest BCUT2D eigenvalue weighted by Crippen LogP contribution is 2.31. The number of carbonyl (C=O) groups excluding carboxylic acids is 3. The second-order valence-electron chi connectivity index (χ2n) is 14.7. The topological polar surface area (TPSA) is 112 Å². The predicted octanol–water partition coefficient (Wildman–Crippen LogP) is 3.95. The van der Waals surface area contributed by atoms with Gasteiger partial charge in [0, 0.05) is 64.0 Å². The monoisotopic (exact) mass is 684 g/mol. The number of hydrogen-bond acceptors (Lipinski definition) is 9. The Bertz CT molecular complexity index is 1400. The van der Waals surface area contributed by atoms with E-state index in [2.05, 4.69) is 9.80 Å². The van der Waals surface area contributed by atoms with Gasteiger partial charge in [-0.05, 0) is 75.1 Å². The summed E-state index contributed by atoms with van der Waals surface area (Å²) in [6, 6.07) is 4.85. The molecule has 1 aromatic carbocycles. The van der Waals surface area contributed by atoms with Gasteiger partial charge in [0.1, 0.15) is 18.0 Å². The summed E-state index contributed by atoms with van der Waals surface area (Å²) in [5.41, 5.74) is 1.59. The zero-order chi connectivity index (χ0) is 35.3. The number of rotatable bonds is 5. The number of cyclic esters (lactones) is 1. The van der Waals surface area contributed by atoms with Gasteiger partial charge in [0.25, 0.3) is 0 Å². The third-order valence-corrected chi connectivity index (χ3v) is 10.3. The third kappa shape index (κ3) is 9.40. The van der Waals surface area contributed by atoms with Crippen LogP contribution in [0.4, 0.5) is 14.9 Å². The number of esters is 1. The van der Waals surface area contributed by atoms with Crippen LogP contribution >= 0.6 is 0 Å². The first kappa shape index (κ1) is 36.8. The maximum atomic E-state index is 15.0. The van der Waals surface area contributed by atoms with Crippen LogP contribution in [0.25, 0.3) is 6.08 Å². The van der Waals surface area contributed by atoms with E-state index in [1.54, 1.807) is 4.90 Å². The molecule has 0 radical (unpaired) electrons. The summed E-state index contributed by atoms with van der Waals surface area (Å²) in [5, 5.41) is 10.7. The van der Waals surface area contributed by atoms with Crippen LogP contribution in [0.3, 0.4) is 0 Å². The van der Waals surface area contributed by atoms with Crippen molar-refractivity contribution in [3.05, 3.63) is 47.3 Å². The molecular formula is C37H53FN4O7. The van der Waals surface area contributed by atoms with Crippen LogP contribution in [0.5, 0.6) is 0 Å². The van der Waals surface area contributed by atoms with E-state index in [1.807, 2.05) is 63.9 Å². The minimum absolute atomic E-state index is 0.0823. The number of amides is 2. The van der Waals surface area contributed by atoms with Crippen molar-refractivity contribution in [3.8, 4) is 0 Å². The minimum Gasteiger partial charge on any atom is -0.457 e. The predicted molar refractivity (Wildman–Crippen MR) is 184 cm³/mol. The zero-order valence-corrected chi connectivity index (χ0v) is 29.6. The number of halogens is 1. The molecule has 1 aromatic rings. The van der Waals surface area contributed by atoms with E-state index in [0.29, 0.717) is 76.5 Å². The van der Waals surface area contributed by atoms with Gasteiger partial charge < -0.3 is 38.9 Å². The van der Waals surface area contributed by atoms with Crippen molar-refractivity contribution in [1.82, 2.24) is 14.7 Å². The molecule has 5 atom stereocenters. The van der Waals surface area contributed by atoms with Crippen molar-refractivity contribution in [2.45, 2.75) is 65.3 Å². The molecule has 0 unspecified atom stereocenters. The highest BCUT2D eigenvalue weighted by atomic mass is 19.1. The summed E-state index contributed by atoms with van der Waals surface area (Å²) in [4.78, 5) is 46.9. The number of anilines is 1. The van der Waals surface area contributed by atoms with Crippen LogP contribution in [0.1, 0.15) is 52.5 Å². The molecule has 270 valence electrons. The molecule has 4 heterocycles. The van der Waals surface area contributed by atoms with E-state index < -0.39 is 29.7 Å². The second-order valence-corrected chi connectivity index (χ2v) is 14.7. The van der Waals surface area contributed by atoms with Gasteiger partial charge in [0.15, 0.2) is 0 Å². The minimum atomic E-state index is -0.890. The molecule has 0 bridgehead atoms. The molecule has 3 saturated heterocycles. The Morgan fingerprint density at radius 1 is 0.980 bits per heavy atom. The summed E-state index contributed by atoms with van der Waals surface area (Å²) >= 11 is 0. The number of aliphatic hydroxyl groups excluding tert-OH is 1. The van der Waals surface area contributed by atoms with E-state index in [1.165, 1.54) is 12.1 Å². The van der Waals surface area contributed by atoms with Crippen molar-refractivity contribution >= 4 is 29.7 Å². The Hall–Kier alpha value is -3.48. The lowest BCUT2D eigenvalue weighted by atomic mass is 9.86. The van der Waals surface area contributed by atoms with Gasteiger partial charge in [0.2, 0.25) is 5.91 Å². The number of nitrogens with zero attached hydrogens (tertiary/aromatic N) is 4. The number of piperazine rings is 2. The van der Waals surface area contributed by atoms with Crippen molar-refractivity contribution in [2.24, 2.45) is 17.3 Å². The van der Waals surface area contributed by atoms with E-state index in [0.717, 1.165) is 18.8 Å². The average Bonchev–Trinajstić information content (AvgIpc) is 3.05. The lowest BCUT2D eigenvalue weighted by Gasteiger charge is -2.43. The Labute approximate surface area is 289 Å². The molecule has 4 aliphatic rings. The van der Waals surface area contributed by atoms with Crippen LogP contribution in [0, 0.1) is 23.1 Å². The smallest absolute Gasteiger partial charge is 0.410 e. The van der Waals surface area contributed by atoms with Crippen molar-refractivity contribution in [2.75, 3.05) is 77.5 Å². The number of aliphatic hydroxyl groups is 1. The van der Waals surface area contributed by atoms with Gasteiger partial charge >= 0.3 is 12.1 Å². The van der Waals surface area contributed by atoms with E-state index in [-0.39, 0.29) is 36.1 Å². The van der Waals surface area contributed by atoms with E-state index in [9.17, 15) is 19.5 Å². The highest BCUT2D eigenvalue weighted by molar-refractivity contribution is 5.83. The number of benzene rings is 1. The molecule has 0 aromatic heterocycles. The SMILES string of the molecule is C/C(=C\c1cc(F)cc(N2CCN(C(=O)C3(C)COC3)CC2)c1)[C@H]1OC(=O)C[C@H](O)CC[C@H](C)[C@@H](OC(=O)N2CCN(C)CC2)/C=C/[C@@H]1C. The number of carbonyl (C=O) groups is 3. The third-order valence-electron chi connectivity index (χ3n) is 10.3. The van der Waals surface area contributed by atoms with Crippen molar-refractivity contribution < 1.29 is 38.1 Å². The van der Waals surface area contributed by atoms with Gasteiger partial charge in [-0.1, -0.05) is 26.0 Å². The molecular weight excluding hydrogens is 631 g/mol. The Kier molecular flexibility index (Phi) is 12.0. The fourth-order valence-corrected chi connectivity index (χ4v) is 6.92. The number of hydrogen-bond donors (Lipinski definition) is 1. The molecule has 49 heavy (non-hydrogen) atoms. The number of likely N-dealkylation sites (N-methyl/N-ethyl adjacent to an activating group) is 1. The van der Waals surface area contributed by atoms with Crippen LogP contribution in [0.15, 0.2) is 35.9 Å². The first-order valence-corrected chi connectivity index (χ1v) is 17.6. The Morgan fingerprint density at radius 3 is 2.31 bits per heavy atom. The van der Waals surface area contributed by atoms with Crippen LogP contribution in [0.2, 0.25) is 0 Å². The van der Waals surface area contributed by atoms with Gasteiger partial charge in [-0.15, -0.1) is 0 Å². The molecule has 5 rings (SSSR count). The summed E-state index contributed by atoms with van der Waals surface area (Å²) in [6.45, 7) is 13.6. The first-order valence-electron chi connectivity index (χ1n) is 17.6. The zero-order valence-electron chi connectivity index (χ0n) is 29.6. The van der Waals surface area contributed by atoms with E-state index in [4.69, 9.17) is 14.2 Å². The van der Waals surface area contributed by atoms with Crippen LogP contribution in [-0.4, -0.2) is 129 Å². The lowest BCUT2D eigenvalue weighted by molar-refractivity contribution is -0.169. The van der Waals surface area contributed by atoms with Crippen molar-refractivity contribution in [3.63, 3.8) is 0 Å². The summed E-state index contributed by atoms with van der Waals surface area (Å²) in [5.74, 6) is -1.18. The van der Waals surface area contributed by atoms with Gasteiger partial charge in [0.05, 0.1) is 31.2 Å². The average molecular weight is 685 g/mol. The fraction of sp³-hybridized carbons (Fsp3) is 0.649. The molecule has 2 amide bonds. The largest absolute Gasteiger partial charge is 0.457 e. The summed E-state index contributed by atoms with van der Waals surface area (Å²) in [6.07, 6.45) is 3.93. The maximum Gasteiger partial charge on any atom is 0.410 e. The fourth-order valence-electron chi connectivity index (χ4n) is 6.92. The molecule has 12 heteroatoms. The second kappa shape index (κ2) is 16.0. The molecule has 3 fully saturated rings. The molecule has 0 spiro atoms. The van der Waals surface area contributed by atoms with E-state index >= 15 is 4.39 Å². The highest BCUT2D eigenvalue weighted by Gasteiger charge is 2.44. The molecule has 1 N–H and O–H groups in total. The maximum absolute atomic E-state index is 15.0. The van der Waals surface area contributed by atoms with Gasteiger partial charge in [-0.3, -0.25) is 9.59 Å². The van der Waals surface area contributed by atoms with Crippen molar-refractivity contribution in [1.29, 1.82) is 0 Å². The Balaban J connectivity index is 1.31. The summed E-state index contributed by atoms with van der Waals surface area (Å²) in [7, 11) is 2.03. The Morgan fingerprint density at radius 2 is 1.65 bits per heavy atom. The molecule has 11 nitrogen and oxygen atoms in total. The molecule has 0 saturated carbocycles.